The lowest BCUT2D eigenvalue weighted by atomic mass is 10.1. The maximum atomic E-state index is 11.5. The summed E-state index contributed by atoms with van der Waals surface area (Å²) in [6.07, 6.45) is 0. The van der Waals surface area contributed by atoms with Gasteiger partial charge in [0.25, 0.3) is 0 Å². The van der Waals surface area contributed by atoms with Gasteiger partial charge in [0, 0.05) is 10.8 Å². The zero-order chi connectivity index (χ0) is 23.4. The molecule has 0 atom stereocenters. The third kappa shape index (κ3) is 6.50. The van der Waals surface area contributed by atoms with Gasteiger partial charge >= 0.3 is 11.9 Å². The van der Waals surface area contributed by atoms with Crippen LogP contribution in [0.5, 0.6) is 0 Å². The molecule has 34 heavy (non-hydrogen) atoms. The van der Waals surface area contributed by atoms with E-state index < -0.39 is 11.9 Å². The molecule has 6 nitrogen and oxygen atoms in total. The van der Waals surface area contributed by atoms with E-state index in [2.05, 4.69) is 15.9 Å². The van der Waals surface area contributed by atoms with Gasteiger partial charge in [-0.1, -0.05) is 20.9 Å². The van der Waals surface area contributed by atoms with Crippen molar-refractivity contribution in [3.05, 3.63) is 69.1 Å². The van der Waals surface area contributed by atoms with Gasteiger partial charge in [-0.2, -0.15) is 0 Å². The number of hydrogen-bond donors (Lipinski definition) is 0. The smallest absolute Gasteiger partial charge is 0.374 e. The van der Waals surface area contributed by atoms with Gasteiger partial charge < -0.3 is 18.3 Å². The Hall–Kier alpha value is -3.06. The number of carbonyl (C=O) groups is 2. The van der Waals surface area contributed by atoms with E-state index in [0.717, 1.165) is 37.5 Å². The van der Waals surface area contributed by atoms with Gasteiger partial charge in [-0.05, 0) is 97.6 Å². The summed E-state index contributed by atoms with van der Waals surface area (Å²) in [6, 6.07) is 11.4. The number of carbonyl (C=O) groups excluding carboxylic acids is 2. The van der Waals surface area contributed by atoms with Crippen molar-refractivity contribution < 1.29 is 27.9 Å². The molecule has 4 aromatic rings. The normalized spacial score (nSPS) is 10.1. The summed E-state index contributed by atoms with van der Waals surface area (Å²) in [5.74, 6) is -0.326. The fraction of sp³-hybridized carbons (Fsp3) is 0.333. The Balaban J connectivity index is 0.000000321. The number of ether oxygens (including phenoxy) is 2. The van der Waals surface area contributed by atoms with E-state index in [1.807, 2.05) is 45.0 Å². The van der Waals surface area contributed by atoms with Crippen LogP contribution in [0.15, 0.2) is 49.7 Å². The van der Waals surface area contributed by atoms with E-state index >= 15 is 0 Å². The highest BCUT2D eigenvalue weighted by molar-refractivity contribution is 9.10. The maximum absolute atomic E-state index is 11.5. The van der Waals surface area contributed by atoms with E-state index in [-0.39, 0.29) is 26.4 Å². The quantitative estimate of drug-likeness (QED) is 0.246. The predicted molar refractivity (Wildman–Crippen MR) is 140 cm³/mol. The van der Waals surface area contributed by atoms with Crippen molar-refractivity contribution in [1.82, 2.24) is 0 Å². The fourth-order valence-corrected chi connectivity index (χ4v) is 4.04. The fourth-order valence-electron chi connectivity index (χ4n) is 3.37. The molecule has 0 amide bonds. The molecule has 0 saturated heterocycles. The standard InChI is InChI=1S/C13H14O3.C12H11BrO3.2CH4/c1-4-15-13(14)11-7-10-6-8(2)5-9(3)12(10)16-11;1-3-15-12(14)10-6-8-4-7(2)5-9(13)11(8)16-10;;/h5-7H,4H2,1-3H3;4-6H,3H2,1-2H3;2*1H4. The monoisotopic (exact) mass is 532 g/mol. The SMILES string of the molecule is C.C.CCOC(=O)c1cc2cc(C)cc(Br)c2o1.CCOC(=O)c1cc2cc(C)cc(C)c2o1. The number of rotatable bonds is 4. The summed E-state index contributed by atoms with van der Waals surface area (Å²) in [6.45, 7) is 10.2. The molecule has 0 unspecified atom stereocenters. The first kappa shape index (κ1) is 29.0. The summed E-state index contributed by atoms with van der Waals surface area (Å²) in [5, 5.41) is 1.84. The first-order valence-electron chi connectivity index (χ1n) is 10.3. The van der Waals surface area contributed by atoms with Crippen LogP contribution >= 0.6 is 15.9 Å². The second-order valence-electron chi connectivity index (χ2n) is 7.33. The lowest BCUT2D eigenvalue weighted by Gasteiger charge is -1.97. The third-order valence-corrected chi connectivity index (χ3v) is 5.20. The molecular weight excluding hydrogens is 500 g/mol. The Kier molecular flexibility index (Phi) is 10.6. The van der Waals surface area contributed by atoms with Crippen molar-refractivity contribution in [1.29, 1.82) is 0 Å². The van der Waals surface area contributed by atoms with Gasteiger partial charge in [0.15, 0.2) is 0 Å². The van der Waals surface area contributed by atoms with Gasteiger partial charge in [0.2, 0.25) is 11.5 Å². The average Bonchev–Trinajstić information content (AvgIpc) is 3.33. The summed E-state index contributed by atoms with van der Waals surface area (Å²) in [4.78, 5) is 23.0. The maximum Gasteiger partial charge on any atom is 0.374 e. The van der Waals surface area contributed by atoms with Crippen LogP contribution in [-0.2, 0) is 9.47 Å². The summed E-state index contributed by atoms with van der Waals surface area (Å²) < 4.78 is 21.6. The minimum Gasteiger partial charge on any atom is -0.460 e. The third-order valence-electron chi connectivity index (χ3n) is 4.61. The number of furan rings is 2. The second kappa shape index (κ2) is 12.4. The van der Waals surface area contributed by atoms with Crippen molar-refractivity contribution in [2.24, 2.45) is 0 Å². The van der Waals surface area contributed by atoms with Gasteiger partial charge in [-0.3, -0.25) is 0 Å². The van der Waals surface area contributed by atoms with Crippen LogP contribution < -0.4 is 0 Å². The van der Waals surface area contributed by atoms with Crippen LogP contribution in [0.2, 0.25) is 0 Å². The highest BCUT2D eigenvalue weighted by Crippen LogP contribution is 2.29. The van der Waals surface area contributed by atoms with Crippen LogP contribution in [0.1, 0.15) is 66.5 Å². The molecule has 184 valence electrons. The molecule has 0 saturated carbocycles. The molecule has 0 radical (unpaired) electrons. The lowest BCUT2D eigenvalue weighted by Crippen LogP contribution is -2.02. The van der Waals surface area contributed by atoms with Crippen LogP contribution in [0.4, 0.5) is 0 Å². The number of halogens is 1. The minimum atomic E-state index is -0.428. The number of fused-ring (bicyclic) bond motifs is 2. The van der Waals surface area contributed by atoms with Crippen molar-refractivity contribution in [3.8, 4) is 0 Å². The predicted octanol–water partition coefficient (Wildman–Crippen LogP) is 8.18. The first-order chi connectivity index (χ1) is 15.2. The molecule has 0 bridgehead atoms. The highest BCUT2D eigenvalue weighted by Gasteiger charge is 2.15. The van der Waals surface area contributed by atoms with E-state index in [4.69, 9.17) is 18.3 Å². The summed E-state index contributed by atoms with van der Waals surface area (Å²) >= 11 is 3.40. The van der Waals surface area contributed by atoms with Crippen molar-refractivity contribution in [2.75, 3.05) is 13.2 Å². The van der Waals surface area contributed by atoms with Crippen LogP contribution in [0.25, 0.3) is 21.9 Å². The topological polar surface area (TPSA) is 78.9 Å². The molecule has 2 aromatic carbocycles. The van der Waals surface area contributed by atoms with Gasteiger partial charge in [0.05, 0.1) is 17.7 Å². The Morgan fingerprint density at radius 1 is 0.735 bits per heavy atom. The Labute approximate surface area is 209 Å². The van der Waals surface area contributed by atoms with Crippen molar-refractivity contribution in [2.45, 2.75) is 49.5 Å². The van der Waals surface area contributed by atoms with E-state index in [1.165, 1.54) is 0 Å². The number of aryl methyl sites for hydroxylation is 3. The van der Waals surface area contributed by atoms with Crippen molar-refractivity contribution >= 4 is 49.8 Å². The zero-order valence-corrected chi connectivity index (χ0v) is 20.3. The molecule has 2 aromatic heterocycles. The molecule has 2 heterocycles. The van der Waals surface area contributed by atoms with Gasteiger partial charge in [-0.15, -0.1) is 0 Å². The second-order valence-corrected chi connectivity index (χ2v) is 8.18. The van der Waals surface area contributed by atoms with Crippen LogP contribution in [0.3, 0.4) is 0 Å². The molecule has 0 spiro atoms. The minimum absolute atomic E-state index is 0. The zero-order valence-electron chi connectivity index (χ0n) is 18.7. The highest BCUT2D eigenvalue weighted by atomic mass is 79.9. The van der Waals surface area contributed by atoms with Gasteiger partial charge in [-0.25, -0.2) is 9.59 Å². The molecule has 0 fully saturated rings. The van der Waals surface area contributed by atoms with Crippen LogP contribution in [-0.4, -0.2) is 25.2 Å². The van der Waals surface area contributed by atoms with Gasteiger partial charge in [0.1, 0.15) is 11.2 Å². The van der Waals surface area contributed by atoms with Crippen LogP contribution in [0, 0.1) is 20.8 Å². The van der Waals surface area contributed by atoms with E-state index in [9.17, 15) is 9.59 Å². The largest absolute Gasteiger partial charge is 0.460 e. The molecular formula is C27H33BrO6. The van der Waals surface area contributed by atoms with E-state index in [0.29, 0.717) is 18.8 Å². The number of esters is 2. The molecule has 0 aliphatic rings. The summed E-state index contributed by atoms with van der Waals surface area (Å²) in [5.41, 5.74) is 4.73. The number of hydrogen-bond acceptors (Lipinski definition) is 6. The molecule has 4 rings (SSSR count). The molecule has 0 N–H and O–H groups in total. The molecule has 0 aliphatic carbocycles. The van der Waals surface area contributed by atoms with Crippen molar-refractivity contribution in [3.63, 3.8) is 0 Å². The Morgan fingerprint density at radius 2 is 1.18 bits per heavy atom. The Bertz CT molecular complexity index is 1180. The summed E-state index contributed by atoms with van der Waals surface area (Å²) in [7, 11) is 0. The Morgan fingerprint density at radius 3 is 1.68 bits per heavy atom. The first-order valence-corrected chi connectivity index (χ1v) is 11.1. The lowest BCUT2D eigenvalue weighted by molar-refractivity contribution is 0.0484. The molecule has 0 aliphatic heterocycles. The molecule has 7 heteroatoms. The number of benzene rings is 2. The average molecular weight is 533 g/mol. The van der Waals surface area contributed by atoms with E-state index in [1.54, 1.807) is 26.0 Å².